The van der Waals surface area contributed by atoms with Crippen LogP contribution in [0.15, 0.2) is 29.2 Å². The van der Waals surface area contributed by atoms with Gasteiger partial charge in [0.1, 0.15) is 15.7 Å². The van der Waals surface area contributed by atoms with E-state index in [9.17, 15) is 8.78 Å². The molecule has 1 N–H and O–H groups in total. The lowest BCUT2D eigenvalue weighted by molar-refractivity contribution is 0.140. The molecule has 4 aromatic rings. The predicted octanol–water partition coefficient (Wildman–Crippen LogP) is 8.02. The Labute approximate surface area is 205 Å². The maximum atomic E-state index is 13.5. The summed E-state index contributed by atoms with van der Waals surface area (Å²) in [7, 11) is 0. The first-order valence-electron chi connectivity index (χ1n) is 8.95. The van der Waals surface area contributed by atoms with E-state index < -0.39 is 6.43 Å². The van der Waals surface area contributed by atoms with Crippen LogP contribution in [0.25, 0.3) is 21.7 Å². The van der Waals surface area contributed by atoms with Crippen LogP contribution < -0.4 is 5.32 Å². The number of hydrogen-bond acceptors (Lipinski definition) is 6. The topological polar surface area (TPSA) is 55.6 Å². The lowest BCUT2D eigenvalue weighted by Gasteiger charge is -2.13. The molecule has 0 radical (unpaired) electrons. The van der Waals surface area contributed by atoms with Gasteiger partial charge in [-0.25, -0.2) is 23.7 Å². The minimum absolute atomic E-state index is 0.0266. The summed E-state index contributed by atoms with van der Waals surface area (Å²) >= 11 is 11.5. The second kappa shape index (κ2) is 9.43. The normalized spacial score (nSPS) is 12.0. The summed E-state index contributed by atoms with van der Waals surface area (Å²) in [6.07, 6.45) is -0.688. The molecule has 4 rings (SSSR count). The zero-order valence-corrected chi connectivity index (χ0v) is 22.1. The number of anilines is 2. The summed E-state index contributed by atoms with van der Waals surface area (Å²) in [6, 6.07) is 7.63. The van der Waals surface area contributed by atoms with Gasteiger partial charge in [-0.3, -0.25) is 4.34 Å². The molecule has 3 aromatic heterocycles. The largest absolute Gasteiger partial charge is 0.353 e. The molecule has 0 amide bonds. The number of nitrogens with one attached hydrogen (secondary N) is 1. The van der Waals surface area contributed by atoms with E-state index in [1.54, 1.807) is 29.2 Å². The number of aryl methyl sites for hydroxylation is 2. The van der Waals surface area contributed by atoms with Crippen LogP contribution in [0.1, 0.15) is 22.8 Å². The fraction of sp³-hybridized carbons (Fsp3) is 0.211. The summed E-state index contributed by atoms with van der Waals surface area (Å²) in [5.41, 5.74) is 4.14. The van der Waals surface area contributed by atoms with Crippen LogP contribution in [0, 0.1) is 13.8 Å². The molecule has 5 nitrogen and oxygen atoms in total. The lowest BCUT2D eigenvalue weighted by Crippen LogP contribution is -1.96. The highest BCUT2D eigenvalue weighted by Crippen LogP contribution is 2.40. The highest BCUT2D eigenvalue weighted by Gasteiger charge is 2.22. The third-order valence-corrected chi connectivity index (χ3v) is 8.79. The van der Waals surface area contributed by atoms with Crippen molar-refractivity contribution in [3.05, 3.63) is 45.8 Å². The number of nitrogens with zero attached hydrogens (tertiary/aromatic N) is 4. The fourth-order valence-electron chi connectivity index (χ4n) is 3.03. The number of pyridine rings is 1. The number of rotatable bonds is 6. The predicted molar refractivity (Wildman–Crippen MR) is 137 cm³/mol. The molecule has 0 spiro atoms. The molecule has 0 aliphatic carbocycles. The average molecular weight is 610 g/mol. The summed E-state index contributed by atoms with van der Waals surface area (Å²) in [6.45, 7) is 4.06. The summed E-state index contributed by atoms with van der Waals surface area (Å²) in [5, 5.41) is 4.50. The van der Waals surface area contributed by atoms with Crippen LogP contribution in [0.3, 0.4) is 0 Å². The van der Waals surface area contributed by atoms with Gasteiger partial charge in [0.05, 0.1) is 23.4 Å². The maximum absolute atomic E-state index is 13.5. The van der Waals surface area contributed by atoms with Gasteiger partial charge in [-0.2, -0.15) is 0 Å². The molecule has 0 saturated carbocycles. The van der Waals surface area contributed by atoms with Gasteiger partial charge in [0.25, 0.3) is 6.43 Å². The van der Waals surface area contributed by atoms with Crippen molar-refractivity contribution in [1.29, 1.82) is 0 Å². The van der Waals surface area contributed by atoms with Gasteiger partial charge >= 0.3 is 0 Å². The molecule has 31 heavy (non-hydrogen) atoms. The third kappa shape index (κ3) is 4.55. The molecular formula is C19H16ClF2IN5PS2. The number of hydrogen-bond donors (Lipinski definition) is 1. The minimum Gasteiger partial charge on any atom is -0.353 e. The van der Waals surface area contributed by atoms with Crippen LogP contribution in [-0.4, -0.2) is 25.5 Å². The highest BCUT2D eigenvalue weighted by molar-refractivity contribution is 14.2. The Kier molecular flexibility index (Phi) is 7.02. The molecule has 0 fully saturated rings. The first-order valence-corrected chi connectivity index (χ1v) is 15.4. The molecule has 1 atom stereocenters. The van der Waals surface area contributed by atoms with Crippen molar-refractivity contribution in [3.8, 4) is 10.6 Å². The molecular weight excluding hydrogens is 594 g/mol. The number of thioether (sulfide) groups is 1. The van der Waals surface area contributed by atoms with Crippen molar-refractivity contribution in [2.24, 2.45) is 0 Å². The Balaban J connectivity index is 1.78. The number of alkyl halides is 2. The summed E-state index contributed by atoms with van der Waals surface area (Å²) in [4.78, 5) is 15.2. The van der Waals surface area contributed by atoms with Crippen LogP contribution >= 0.6 is 63.1 Å². The van der Waals surface area contributed by atoms with Crippen molar-refractivity contribution >= 4 is 85.7 Å². The number of halogens is 4. The highest BCUT2D eigenvalue weighted by atomic mass is 127. The molecule has 1 unspecified atom stereocenters. The van der Waals surface area contributed by atoms with Gasteiger partial charge in [0.15, 0.2) is 11.5 Å². The summed E-state index contributed by atoms with van der Waals surface area (Å²) in [5.74, 6) is -0.310. The van der Waals surface area contributed by atoms with E-state index in [2.05, 4.69) is 33.3 Å². The molecule has 0 saturated heterocycles. The van der Waals surface area contributed by atoms with Crippen molar-refractivity contribution in [2.45, 2.75) is 25.2 Å². The first-order chi connectivity index (χ1) is 14.8. The third-order valence-electron chi connectivity index (χ3n) is 4.64. The molecule has 162 valence electrons. The quantitative estimate of drug-likeness (QED) is 0.104. The molecule has 0 aliphatic rings. The number of aromatic nitrogens is 4. The second-order valence-corrected chi connectivity index (χ2v) is 11.1. The SMILES string of the molecule is CSc1cc(-c2nc(C)c(C)s2)ccc1Nc1cc(Cl)nc2c1nc(C(F)F)n2PI. The molecule has 3 heterocycles. The lowest BCUT2D eigenvalue weighted by atomic mass is 10.2. The smallest absolute Gasteiger partial charge is 0.295 e. The Bertz CT molecular complexity index is 1260. The Hall–Kier alpha value is -1.07. The van der Waals surface area contributed by atoms with E-state index in [4.69, 9.17) is 11.6 Å². The number of thiazole rings is 1. The van der Waals surface area contributed by atoms with Crippen molar-refractivity contribution < 1.29 is 8.78 Å². The Morgan fingerprint density at radius 2 is 1.97 bits per heavy atom. The van der Waals surface area contributed by atoms with Crippen molar-refractivity contribution in [3.63, 3.8) is 0 Å². The van der Waals surface area contributed by atoms with Gasteiger partial charge < -0.3 is 5.32 Å². The van der Waals surface area contributed by atoms with Crippen molar-refractivity contribution in [2.75, 3.05) is 11.6 Å². The zero-order valence-electron chi connectivity index (χ0n) is 16.5. The van der Waals surface area contributed by atoms with Crippen LogP contribution in [-0.2, 0) is 0 Å². The Morgan fingerprint density at radius 1 is 1.19 bits per heavy atom. The average Bonchev–Trinajstić information content (AvgIpc) is 3.28. The fourth-order valence-corrected chi connectivity index (χ4v) is 6.61. The van der Waals surface area contributed by atoms with E-state index in [1.807, 2.05) is 47.4 Å². The standard InChI is InChI=1S/C19H16ClF2IN5PS2/c1-8-9(2)31-19(24-8)10-4-5-11(13(6-10)30-3)25-12-7-14(20)26-17-15(12)27-18(16(21)22)28(17)29-23/h4-7,16,29H,1-3H3,(H,25,26). The maximum Gasteiger partial charge on any atom is 0.295 e. The monoisotopic (exact) mass is 609 g/mol. The molecule has 0 bridgehead atoms. The zero-order chi connectivity index (χ0) is 22.3. The number of benzene rings is 1. The number of imidazole rings is 1. The van der Waals surface area contributed by atoms with Gasteiger partial charge in [-0.1, -0.05) is 11.6 Å². The van der Waals surface area contributed by atoms with E-state index in [0.29, 0.717) is 16.9 Å². The van der Waals surface area contributed by atoms with E-state index in [1.165, 1.54) is 9.21 Å². The van der Waals surface area contributed by atoms with Crippen LogP contribution in [0.2, 0.25) is 5.15 Å². The van der Waals surface area contributed by atoms with Crippen LogP contribution in [0.5, 0.6) is 0 Å². The minimum atomic E-state index is -2.70. The van der Waals surface area contributed by atoms with Crippen molar-refractivity contribution in [1.82, 2.24) is 19.3 Å². The van der Waals surface area contributed by atoms with E-state index in [0.717, 1.165) is 26.8 Å². The molecule has 1 aromatic carbocycles. The van der Waals surface area contributed by atoms with Gasteiger partial charge in [-0.05, 0) is 60.3 Å². The first kappa shape index (κ1) is 23.1. The Morgan fingerprint density at radius 3 is 2.58 bits per heavy atom. The second-order valence-electron chi connectivity index (χ2n) is 6.56. The van der Waals surface area contributed by atoms with Gasteiger partial charge in [-0.15, -0.1) is 23.1 Å². The molecule has 12 heteroatoms. The summed E-state index contributed by atoms with van der Waals surface area (Å²) < 4.78 is 28.4. The number of fused-ring (bicyclic) bond motifs is 1. The van der Waals surface area contributed by atoms with Gasteiger partial charge in [0, 0.05) is 21.4 Å². The van der Waals surface area contributed by atoms with E-state index >= 15 is 0 Å². The molecule has 0 aliphatic heterocycles. The van der Waals surface area contributed by atoms with Crippen LogP contribution in [0.4, 0.5) is 20.2 Å². The van der Waals surface area contributed by atoms with E-state index in [-0.39, 0.29) is 17.4 Å². The van der Waals surface area contributed by atoms with Gasteiger partial charge in [0.2, 0.25) is 0 Å².